The lowest BCUT2D eigenvalue weighted by Crippen LogP contribution is -2.27. The summed E-state index contributed by atoms with van der Waals surface area (Å²) in [5.74, 6) is 0.454. The summed E-state index contributed by atoms with van der Waals surface area (Å²) in [7, 11) is 0. The molecule has 2 rings (SSSR count). The van der Waals surface area contributed by atoms with Gasteiger partial charge in [0.1, 0.15) is 5.75 Å². The first-order valence-electron chi connectivity index (χ1n) is 8.12. The molecule has 1 unspecified atom stereocenters. The second-order valence-corrected chi connectivity index (χ2v) is 5.93. The number of benzene rings is 2. The van der Waals surface area contributed by atoms with Crippen LogP contribution in [0.3, 0.4) is 0 Å². The van der Waals surface area contributed by atoms with E-state index in [0.29, 0.717) is 17.7 Å². The molecule has 0 aliphatic carbocycles. The monoisotopic (exact) mass is 342 g/mol. The lowest BCUT2D eigenvalue weighted by Gasteiger charge is -2.19. The molecule has 1 amide bonds. The summed E-state index contributed by atoms with van der Waals surface area (Å²) in [6.07, 6.45) is 0. The molecule has 0 fully saturated rings. The molecule has 25 heavy (non-hydrogen) atoms. The zero-order chi connectivity index (χ0) is 18.6. The van der Waals surface area contributed by atoms with Crippen LogP contribution in [-0.4, -0.2) is 17.4 Å². The van der Waals surface area contributed by atoms with E-state index < -0.39 is 4.92 Å². The number of carbonyl (C=O) groups excluding carboxylic acids is 1. The molecule has 0 radical (unpaired) electrons. The van der Waals surface area contributed by atoms with Crippen molar-refractivity contribution in [1.29, 1.82) is 0 Å². The molecule has 1 N–H and O–H groups in total. The molecular formula is C19H22N2O4. The maximum Gasteiger partial charge on any atom is 0.272 e. The van der Waals surface area contributed by atoms with Crippen molar-refractivity contribution >= 4 is 11.6 Å². The van der Waals surface area contributed by atoms with Gasteiger partial charge in [-0.3, -0.25) is 14.9 Å². The molecular weight excluding hydrogens is 320 g/mol. The predicted molar refractivity (Wildman–Crippen MR) is 96.1 cm³/mol. The minimum Gasteiger partial charge on any atom is -0.494 e. The number of hydrogen-bond acceptors (Lipinski definition) is 4. The molecule has 2 aromatic rings. The Bertz CT molecular complexity index is 802. The van der Waals surface area contributed by atoms with Crippen LogP contribution in [0.5, 0.6) is 5.75 Å². The third kappa shape index (κ3) is 4.35. The van der Waals surface area contributed by atoms with E-state index in [2.05, 4.69) is 5.32 Å². The molecule has 6 nitrogen and oxygen atoms in total. The molecule has 0 aromatic heterocycles. The summed E-state index contributed by atoms with van der Waals surface area (Å²) >= 11 is 0. The number of amides is 1. The number of rotatable bonds is 6. The highest BCUT2D eigenvalue weighted by Crippen LogP contribution is 2.27. The Morgan fingerprint density at radius 2 is 1.96 bits per heavy atom. The van der Waals surface area contributed by atoms with Crippen LogP contribution in [0.15, 0.2) is 36.4 Å². The van der Waals surface area contributed by atoms with Crippen molar-refractivity contribution in [3.63, 3.8) is 0 Å². The summed E-state index contributed by atoms with van der Waals surface area (Å²) < 4.78 is 5.64. The van der Waals surface area contributed by atoms with Crippen molar-refractivity contribution < 1.29 is 14.5 Å². The fourth-order valence-electron chi connectivity index (χ4n) is 2.65. The second-order valence-electron chi connectivity index (χ2n) is 5.93. The molecule has 0 saturated carbocycles. The molecule has 0 heterocycles. The quantitative estimate of drug-likeness (QED) is 0.633. The summed E-state index contributed by atoms with van der Waals surface area (Å²) in [6, 6.07) is 9.93. The standard InChI is InChI=1S/C19H22N2O4/c1-5-25-18-9-6-12(2)10-16(18)14(4)20-19(22)15-7-8-17(21(23)24)13(3)11-15/h6-11,14H,5H2,1-4H3,(H,20,22). The maximum atomic E-state index is 12.5. The van der Waals surface area contributed by atoms with Crippen LogP contribution >= 0.6 is 0 Å². The van der Waals surface area contributed by atoms with Crippen molar-refractivity contribution in [2.75, 3.05) is 6.61 Å². The summed E-state index contributed by atoms with van der Waals surface area (Å²) in [6.45, 7) is 7.93. The Morgan fingerprint density at radius 3 is 2.56 bits per heavy atom. The minimum atomic E-state index is -0.458. The fourth-order valence-corrected chi connectivity index (χ4v) is 2.65. The number of nitrogens with zero attached hydrogens (tertiary/aromatic N) is 1. The van der Waals surface area contributed by atoms with E-state index in [9.17, 15) is 14.9 Å². The van der Waals surface area contributed by atoms with Gasteiger partial charge < -0.3 is 10.1 Å². The lowest BCUT2D eigenvalue weighted by molar-refractivity contribution is -0.385. The van der Waals surface area contributed by atoms with E-state index in [4.69, 9.17) is 4.74 Å². The largest absolute Gasteiger partial charge is 0.494 e. The zero-order valence-electron chi connectivity index (χ0n) is 14.8. The fraction of sp³-hybridized carbons (Fsp3) is 0.316. The molecule has 1 atom stereocenters. The maximum absolute atomic E-state index is 12.5. The third-order valence-corrected chi connectivity index (χ3v) is 3.93. The number of carbonyl (C=O) groups is 1. The van der Waals surface area contributed by atoms with Crippen LogP contribution in [0.4, 0.5) is 5.69 Å². The van der Waals surface area contributed by atoms with Crippen molar-refractivity contribution in [3.8, 4) is 5.75 Å². The topological polar surface area (TPSA) is 81.5 Å². The van der Waals surface area contributed by atoms with Gasteiger partial charge in [-0.2, -0.15) is 0 Å². The first-order valence-corrected chi connectivity index (χ1v) is 8.12. The van der Waals surface area contributed by atoms with Gasteiger partial charge >= 0.3 is 0 Å². The van der Waals surface area contributed by atoms with Gasteiger partial charge in [0, 0.05) is 22.8 Å². The normalized spacial score (nSPS) is 11.7. The Labute approximate surface area is 147 Å². The first kappa shape index (κ1) is 18.4. The van der Waals surface area contributed by atoms with Crippen LogP contribution in [0.25, 0.3) is 0 Å². The van der Waals surface area contributed by atoms with Crippen LogP contribution in [0.2, 0.25) is 0 Å². The molecule has 6 heteroatoms. The Kier molecular flexibility index (Phi) is 5.75. The highest BCUT2D eigenvalue weighted by Gasteiger charge is 2.18. The van der Waals surface area contributed by atoms with Crippen LogP contribution in [0, 0.1) is 24.0 Å². The number of aryl methyl sites for hydroxylation is 2. The lowest BCUT2D eigenvalue weighted by atomic mass is 10.0. The summed E-state index contributed by atoms with van der Waals surface area (Å²) in [4.78, 5) is 22.9. The molecule has 0 aliphatic rings. The van der Waals surface area contributed by atoms with Crippen molar-refractivity contribution in [2.24, 2.45) is 0 Å². The Hall–Kier alpha value is -2.89. The van der Waals surface area contributed by atoms with Gasteiger partial charge in [-0.05, 0) is 45.9 Å². The Balaban J connectivity index is 2.22. The number of hydrogen-bond donors (Lipinski definition) is 1. The number of nitrogens with one attached hydrogen (secondary N) is 1. The molecule has 0 saturated heterocycles. The minimum absolute atomic E-state index is 0.00177. The van der Waals surface area contributed by atoms with Gasteiger partial charge in [0.25, 0.3) is 11.6 Å². The Morgan fingerprint density at radius 1 is 1.24 bits per heavy atom. The average Bonchev–Trinajstić information content (AvgIpc) is 2.56. The van der Waals surface area contributed by atoms with Gasteiger partial charge in [-0.15, -0.1) is 0 Å². The van der Waals surface area contributed by atoms with E-state index in [0.717, 1.165) is 16.9 Å². The molecule has 2 aromatic carbocycles. The molecule has 0 aliphatic heterocycles. The van der Waals surface area contributed by atoms with E-state index in [1.807, 2.05) is 39.0 Å². The van der Waals surface area contributed by atoms with E-state index in [1.165, 1.54) is 18.2 Å². The summed E-state index contributed by atoms with van der Waals surface area (Å²) in [5.41, 5.74) is 2.82. The van der Waals surface area contributed by atoms with E-state index >= 15 is 0 Å². The smallest absolute Gasteiger partial charge is 0.272 e. The van der Waals surface area contributed by atoms with E-state index in [-0.39, 0.29) is 17.6 Å². The number of nitro groups is 1. The van der Waals surface area contributed by atoms with Crippen LogP contribution in [0.1, 0.15) is 46.9 Å². The SMILES string of the molecule is CCOc1ccc(C)cc1C(C)NC(=O)c1ccc([N+](=O)[O-])c(C)c1. The second kappa shape index (κ2) is 7.79. The van der Waals surface area contributed by atoms with Crippen molar-refractivity contribution in [3.05, 3.63) is 68.8 Å². The average molecular weight is 342 g/mol. The molecule has 0 bridgehead atoms. The molecule has 0 spiro atoms. The first-order chi connectivity index (χ1) is 11.8. The zero-order valence-corrected chi connectivity index (χ0v) is 14.8. The van der Waals surface area contributed by atoms with Gasteiger partial charge in [-0.1, -0.05) is 17.7 Å². The molecule has 132 valence electrons. The van der Waals surface area contributed by atoms with E-state index in [1.54, 1.807) is 6.92 Å². The van der Waals surface area contributed by atoms with Gasteiger partial charge in [0.05, 0.1) is 17.6 Å². The van der Waals surface area contributed by atoms with Gasteiger partial charge in [0.2, 0.25) is 0 Å². The predicted octanol–water partition coefficient (Wildman–Crippen LogP) is 4.10. The summed E-state index contributed by atoms with van der Waals surface area (Å²) in [5, 5.41) is 13.8. The number of nitro benzene ring substituents is 1. The highest BCUT2D eigenvalue weighted by molar-refractivity contribution is 5.95. The number of ether oxygens (including phenoxy) is 1. The van der Waals surface area contributed by atoms with Crippen molar-refractivity contribution in [1.82, 2.24) is 5.32 Å². The van der Waals surface area contributed by atoms with Gasteiger partial charge in [0.15, 0.2) is 0 Å². The van der Waals surface area contributed by atoms with Gasteiger partial charge in [-0.25, -0.2) is 0 Å². The van der Waals surface area contributed by atoms with Crippen LogP contribution < -0.4 is 10.1 Å². The van der Waals surface area contributed by atoms with Crippen molar-refractivity contribution in [2.45, 2.75) is 33.7 Å². The third-order valence-electron chi connectivity index (χ3n) is 3.93. The van der Waals surface area contributed by atoms with Crippen LogP contribution in [-0.2, 0) is 0 Å². The highest BCUT2D eigenvalue weighted by atomic mass is 16.6.